The van der Waals surface area contributed by atoms with Crippen molar-refractivity contribution in [2.75, 3.05) is 0 Å². The van der Waals surface area contributed by atoms with Crippen molar-refractivity contribution in [2.24, 2.45) is 0 Å². The third-order valence-electron chi connectivity index (χ3n) is 1.50. The van der Waals surface area contributed by atoms with Crippen molar-refractivity contribution in [3.05, 3.63) is 0 Å². The Morgan fingerprint density at radius 3 is 0.692 bits per heavy atom. The maximum atomic E-state index is 2.12. The Labute approximate surface area is 85.2 Å². The lowest BCUT2D eigenvalue weighted by atomic mass is 10.0. The van der Waals surface area contributed by atoms with Gasteiger partial charge in [-0.15, -0.1) is 0 Å². The van der Waals surface area contributed by atoms with Crippen LogP contribution in [0, 0.1) is 0 Å². The summed E-state index contributed by atoms with van der Waals surface area (Å²) in [5.74, 6) is 0. The first-order chi connectivity index (χ1) is 5.83. The van der Waals surface area contributed by atoms with E-state index in [4.69, 9.17) is 0 Å². The Balaban J connectivity index is -0.000000126. The Morgan fingerprint density at radius 2 is 0.615 bits per heavy atom. The molecule has 1 saturated carbocycles. The van der Waals surface area contributed by atoms with Crippen LogP contribution in [0.1, 0.15) is 79.1 Å². The normalized spacial score (nSPS) is 13.8. The minimum atomic E-state index is 0. The molecule has 0 radical (unpaired) electrons. The van der Waals surface area contributed by atoms with Gasteiger partial charge in [0.25, 0.3) is 0 Å². The molecule has 0 unspecified atom stereocenters. The predicted molar refractivity (Wildman–Crippen MR) is 63.2 cm³/mol. The molecule has 1 aliphatic rings. The third kappa shape index (κ3) is 33.4. The Kier molecular flexibility index (Phi) is 32.6. The second-order valence-corrected chi connectivity index (χ2v) is 3.54. The minimum absolute atomic E-state index is 0. The van der Waals surface area contributed by atoms with Crippen molar-refractivity contribution in [1.82, 2.24) is 0 Å². The SMILES string of the molecule is C1CCCCC1.CCC.CCC.O. The van der Waals surface area contributed by atoms with E-state index in [1.54, 1.807) is 0 Å². The van der Waals surface area contributed by atoms with Crippen LogP contribution in [0.5, 0.6) is 0 Å². The first-order valence-corrected chi connectivity index (χ1v) is 5.83. The van der Waals surface area contributed by atoms with Gasteiger partial charge in [0.1, 0.15) is 0 Å². The molecule has 0 aromatic carbocycles. The molecule has 13 heavy (non-hydrogen) atoms. The molecular formula is C12H30O. The summed E-state index contributed by atoms with van der Waals surface area (Å²) in [5, 5.41) is 0. The van der Waals surface area contributed by atoms with Gasteiger partial charge >= 0.3 is 0 Å². The fraction of sp³-hybridized carbons (Fsp3) is 1.00. The van der Waals surface area contributed by atoms with Crippen LogP contribution >= 0.6 is 0 Å². The molecule has 84 valence electrons. The van der Waals surface area contributed by atoms with Crippen molar-refractivity contribution >= 4 is 0 Å². The van der Waals surface area contributed by atoms with Gasteiger partial charge in [0.05, 0.1) is 0 Å². The monoisotopic (exact) mass is 190 g/mol. The van der Waals surface area contributed by atoms with E-state index in [0.717, 1.165) is 0 Å². The van der Waals surface area contributed by atoms with Crippen LogP contribution in [0.15, 0.2) is 0 Å². The smallest absolute Gasteiger partial charge is 0.0533 e. The average Bonchev–Trinajstić information content (AvgIpc) is 2.10. The first-order valence-electron chi connectivity index (χ1n) is 5.83. The number of hydrogen-bond acceptors (Lipinski definition) is 0. The molecule has 0 aromatic rings. The summed E-state index contributed by atoms with van der Waals surface area (Å²) in [6.45, 7) is 8.50. The lowest BCUT2D eigenvalue weighted by Crippen LogP contribution is -1.85. The van der Waals surface area contributed by atoms with Gasteiger partial charge in [0.2, 0.25) is 0 Å². The van der Waals surface area contributed by atoms with Crippen LogP contribution < -0.4 is 0 Å². The molecule has 0 amide bonds. The summed E-state index contributed by atoms with van der Waals surface area (Å²) in [4.78, 5) is 0. The second kappa shape index (κ2) is 22.7. The van der Waals surface area contributed by atoms with E-state index in [1.807, 2.05) is 0 Å². The molecule has 1 fully saturated rings. The van der Waals surface area contributed by atoms with Crippen molar-refractivity contribution in [3.8, 4) is 0 Å². The Hall–Kier alpha value is -0.0400. The highest BCUT2D eigenvalue weighted by Crippen LogP contribution is 2.15. The van der Waals surface area contributed by atoms with Crippen molar-refractivity contribution in [2.45, 2.75) is 79.1 Å². The van der Waals surface area contributed by atoms with E-state index in [9.17, 15) is 0 Å². The highest BCUT2D eigenvalue weighted by atomic mass is 16.0. The molecule has 0 heterocycles. The van der Waals surface area contributed by atoms with E-state index in [2.05, 4.69) is 27.7 Å². The summed E-state index contributed by atoms with van der Waals surface area (Å²) in [5.41, 5.74) is 0. The quantitative estimate of drug-likeness (QED) is 0.544. The zero-order valence-corrected chi connectivity index (χ0v) is 10.2. The summed E-state index contributed by atoms with van der Waals surface area (Å²) in [7, 11) is 0. The first kappa shape index (κ1) is 18.7. The molecule has 1 nitrogen and oxygen atoms in total. The maximum absolute atomic E-state index is 2.12. The van der Waals surface area contributed by atoms with Gasteiger partial charge in [0, 0.05) is 0 Å². The summed E-state index contributed by atoms with van der Waals surface area (Å²) < 4.78 is 0. The second-order valence-electron chi connectivity index (χ2n) is 3.54. The molecule has 0 spiro atoms. The molecule has 1 rings (SSSR count). The van der Waals surface area contributed by atoms with Gasteiger partial charge in [0.15, 0.2) is 0 Å². The molecule has 0 saturated heterocycles. The number of rotatable bonds is 0. The summed E-state index contributed by atoms with van der Waals surface area (Å²) >= 11 is 0. The third-order valence-corrected chi connectivity index (χ3v) is 1.50. The van der Waals surface area contributed by atoms with Crippen LogP contribution in [0.3, 0.4) is 0 Å². The summed E-state index contributed by atoms with van der Waals surface area (Å²) in [6, 6.07) is 0. The van der Waals surface area contributed by atoms with Gasteiger partial charge in [-0.2, -0.15) is 0 Å². The minimum Gasteiger partial charge on any atom is -0.412 e. The zero-order valence-electron chi connectivity index (χ0n) is 10.2. The van der Waals surface area contributed by atoms with Crippen LogP contribution in [0.2, 0.25) is 0 Å². The van der Waals surface area contributed by atoms with E-state index < -0.39 is 0 Å². The van der Waals surface area contributed by atoms with E-state index in [1.165, 1.54) is 51.4 Å². The molecule has 1 aliphatic carbocycles. The number of hydrogen-bond donors (Lipinski definition) is 0. The van der Waals surface area contributed by atoms with E-state index in [0.29, 0.717) is 0 Å². The lowest BCUT2D eigenvalue weighted by molar-refractivity contribution is 0.504. The topological polar surface area (TPSA) is 31.5 Å². The molecular weight excluding hydrogens is 160 g/mol. The average molecular weight is 190 g/mol. The van der Waals surface area contributed by atoms with Gasteiger partial charge < -0.3 is 5.48 Å². The molecule has 0 atom stereocenters. The molecule has 0 aromatic heterocycles. The van der Waals surface area contributed by atoms with Crippen LogP contribution in [0.4, 0.5) is 0 Å². The Morgan fingerprint density at radius 1 is 0.538 bits per heavy atom. The van der Waals surface area contributed by atoms with Crippen LogP contribution in [-0.2, 0) is 0 Å². The van der Waals surface area contributed by atoms with Crippen LogP contribution in [-0.4, -0.2) is 5.48 Å². The van der Waals surface area contributed by atoms with Gasteiger partial charge in [-0.25, -0.2) is 0 Å². The van der Waals surface area contributed by atoms with Gasteiger partial charge in [-0.1, -0.05) is 79.1 Å². The van der Waals surface area contributed by atoms with Crippen molar-refractivity contribution in [3.63, 3.8) is 0 Å². The van der Waals surface area contributed by atoms with E-state index in [-0.39, 0.29) is 5.48 Å². The molecule has 2 N–H and O–H groups in total. The highest BCUT2D eigenvalue weighted by molar-refractivity contribution is 4.51. The maximum Gasteiger partial charge on any atom is -0.0533 e. The fourth-order valence-corrected chi connectivity index (χ4v) is 1.06. The molecule has 0 aliphatic heterocycles. The van der Waals surface area contributed by atoms with Gasteiger partial charge in [-0.3, -0.25) is 0 Å². The zero-order chi connectivity index (χ0) is 9.66. The largest absolute Gasteiger partial charge is 0.412 e. The van der Waals surface area contributed by atoms with Crippen LogP contribution in [0.25, 0.3) is 0 Å². The predicted octanol–water partition coefficient (Wildman–Crippen LogP) is 4.35. The highest BCUT2D eigenvalue weighted by Gasteiger charge is 1.95. The molecule has 0 bridgehead atoms. The fourth-order valence-electron chi connectivity index (χ4n) is 1.06. The van der Waals surface area contributed by atoms with Gasteiger partial charge in [-0.05, 0) is 0 Å². The summed E-state index contributed by atoms with van der Waals surface area (Å²) in [6.07, 6.45) is 11.5. The molecule has 1 heteroatoms. The lowest BCUT2D eigenvalue weighted by Gasteiger charge is -2.05. The van der Waals surface area contributed by atoms with Crippen molar-refractivity contribution < 1.29 is 5.48 Å². The van der Waals surface area contributed by atoms with E-state index >= 15 is 0 Å². The Bertz CT molecular complexity index is 35.6. The van der Waals surface area contributed by atoms with Crippen molar-refractivity contribution in [1.29, 1.82) is 0 Å². The standard InChI is InChI=1S/C6H12.2C3H8.H2O/c1-2-4-6-5-3-1;2*1-3-2;/h1-6H2;2*3H2,1-2H3;1H2.